The van der Waals surface area contributed by atoms with Crippen LogP contribution in [-0.2, 0) is 14.4 Å². The number of benzene rings is 1. The molecule has 0 saturated heterocycles. The number of carbonyl (C=O) groups is 2. The first-order chi connectivity index (χ1) is 11.4. The minimum absolute atomic E-state index is 0.0428. The minimum Gasteiger partial charge on any atom is -0.496 e. The van der Waals surface area contributed by atoms with Crippen LogP contribution in [0.25, 0.3) is 0 Å². The molecule has 1 heterocycles. The van der Waals surface area contributed by atoms with Crippen molar-refractivity contribution in [3.8, 4) is 5.75 Å². The Bertz CT molecular complexity index is 657. The summed E-state index contributed by atoms with van der Waals surface area (Å²) in [5, 5.41) is 6.80. The highest BCUT2D eigenvalue weighted by Gasteiger charge is 2.42. The van der Waals surface area contributed by atoms with E-state index in [1.807, 2.05) is 24.3 Å². The van der Waals surface area contributed by atoms with Gasteiger partial charge in [-0.3, -0.25) is 9.59 Å². The maximum atomic E-state index is 12.4. The van der Waals surface area contributed by atoms with E-state index >= 15 is 0 Å². The molecule has 7 heteroatoms. The number of amides is 2. The van der Waals surface area contributed by atoms with E-state index in [4.69, 9.17) is 9.57 Å². The largest absolute Gasteiger partial charge is 0.496 e. The summed E-state index contributed by atoms with van der Waals surface area (Å²) in [4.78, 5) is 30.8. The van der Waals surface area contributed by atoms with Crippen molar-refractivity contribution in [2.45, 2.75) is 25.4 Å². The first-order valence-electron chi connectivity index (χ1n) is 7.74. The molecule has 1 aliphatic heterocycles. The first-order valence-corrected chi connectivity index (χ1v) is 7.74. The Kier molecular flexibility index (Phi) is 5.43. The van der Waals surface area contributed by atoms with Gasteiger partial charge in [-0.1, -0.05) is 17.3 Å². The second-order valence-electron chi connectivity index (χ2n) is 6.03. The molecule has 0 radical (unpaired) electrons. The molecule has 1 aromatic carbocycles. The lowest BCUT2D eigenvalue weighted by molar-refractivity contribution is -0.141. The molecule has 1 atom stereocenters. The fourth-order valence-electron chi connectivity index (χ4n) is 2.38. The Morgan fingerprint density at radius 3 is 2.75 bits per heavy atom. The van der Waals surface area contributed by atoms with E-state index in [9.17, 15) is 9.59 Å². The third-order valence-corrected chi connectivity index (χ3v) is 3.88. The van der Waals surface area contributed by atoms with Gasteiger partial charge in [0.15, 0.2) is 0 Å². The molecule has 2 rings (SSSR count). The van der Waals surface area contributed by atoms with Crippen molar-refractivity contribution >= 4 is 17.5 Å². The Labute approximate surface area is 141 Å². The summed E-state index contributed by atoms with van der Waals surface area (Å²) in [6.07, 6.45) is 0.579. The summed E-state index contributed by atoms with van der Waals surface area (Å²) < 4.78 is 5.32. The number of hydrogen-bond donors (Lipinski definition) is 1. The molecule has 7 nitrogen and oxygen atoms in total. The molecule has 0 aromatic heterocycles. The lowest BCUT2D eigenvalue weighted by Crippen LogP contribution is -2.45. The van der Waals surface area contributed by atoms with Gasteiger partial charge >= 0.3 is 0 Å². The third kappa shape index (κ3) is 3.84. The van der Waals surface area contributed by atoms with Crippen LogP contribution in [0.5, 0.6) is 5.75 Å². The van der Waals surface area contributed by atoms with Gasteiger partial charge in [0, 0.05) is 39.0 Å². The van der Waals surface area contributed by atoms with E-state index in [2.05, 4.69) is 10.5 Å². The zero-order valence-electron chi connectivity index (χ0n) is 14.5. The SMILES string of the molecule is COc1ccccc1C1=NO[C@](C)(C(=O)NCCC(=O)N(C)C)C1. The minimum atomic E-state index is -1.09. The average molecular weight is 333 g/mol. The van der Waals surface area contributed by atoms with Crippen molar-refractivity contribution in [1.29, 1.82) is 0 Å². The van der Waals surface area contributed by atoms with Crippen LogP contribution < -0.4 is 10.1 Å². The third-order valence-electron chi connectivity index (χ3n) is 3.88. The monoisotopic (exact) mass is 333 g/mol. The lowest BCUT2D eigenvalue weighted by Gasteiger charge is -2.20. The van der Waals surface area contributed by atoms with Crippen molar-refractivity contribution in [3.63, 3.8) is 0 Å². The molecular formula is C17H23N3O4. The first kappa shape index (κ1) is 17.8. The summed E-state index contributed by atoms with van der Waals surface area (Å²) in [7, 11) is 4.95. The number of rotatable bonds is 6. The van der Waals surface area contributed by atoms with Crippen LogP contribution in [0.2, 0.25) is 0 Å². The fourth-order valence-corrected chi connectivity index (χ4v) is 2.38. The maximum Gasteiger partial charge on any atom is 0.267 e. The standard InChI is InChI=1S/C17H23N3O4/c1-17(16(22)18-10-9-15(21)20(2)3)11-13(19-24-17)12-7-5-6-8-14(12)23-4/h5-8H,9-11H2,1-4H3,(H,18,22)/t17-/m0/s1. The van der Waals surface area contributed by atoms with Crippen LogP contribution in [0.15, 0.2) is 29.4 Å². The molecular weight excluding hydrogens is 310 g/mol. The van der Waals surface area contributed by atoms with Crippen LogP contribution in [0.4, 0.5) is 0 Å². The summed E-state index contributed by atoms with van der Waals surface area (Å²) in [6, 6.07) is 7.45. The van der Waals surface area contributed by atoms with Gasteiger partial charge in [-0.25, -0.2) is 0 Å². The van der Waals surface area contributed by atoms with Gasteiger partial charge in [0.05, 0.1) is 12.8 Å². The van der Waals surface area contributed by atoms with E-state index in [0.29, 0.717) is 17.9 Å². The number of methoxy groups -OCH3 is 1. The topological polar surface area (TPSA) is 80.2 Å². The van der Waals surface area contributed by atoms with E-state index < -0.39 is 5.60 Å². The molecule has 0 fully saturated rings. The lowest BCUT2D eigenvalue weighted by atomic mass is 9.94. The Morgan fingerprint density at radius 2 is 2.08 bits per heavy atom. The van der Waals surface area contributed by atoms with Gasteiger partial charge in [0.25, 0.3) is 5.91 Å². The highest BCUT2D eigenvalue weighted by atomic mass is 16.7. The second-order valence-corrected chi connectivity index (χ2v) is 6.03. The summed E-state index contributed by atoms with van der Waals surface area (Å²) in [6.45, 7) is 1.95. The number of oxime groups is 1. The Balaban J connectivity index is 1.96. The predicted octanol–water partition coefficient (Wildman–Crippen LogP) is 1.17. The van der Waals surface area contributed by atoms with Crippen LogP contribution in [0.1, 0.15) is 25.3 Å². The highest BCUT2D eigenvalue weighted by molar-refractivity contribution is 6.07. The number of nitrogens with zero attached hydrogens (tertiary/aromatic N) is 2. The van der Waals surface area contributed by atoms with Crippen LogP contribution >= 0.6 is 0 Å². The summed E-state index contributed by atoms with van der Waals surface area (Å²) >= 11 is 0. The van der Waals surface area contributed by atoms with Crippen molar-refractivity contribution < 1.29 is 19.2 Å². The Morgan fingerprint density at radius 1 is 1.38 bits per heavy atom. The van der Waals surface area contributed by atoms with Crippen LogP contribution in [0.3, 0.4) is 0 Å². The van der Waals surface area contributed by atoms with Crippen LogP contribution in [0, 0.1) is 0 Å². The zero-order valence-corrected chi connectivity index (χ0v) is 14.5. The molecule has 24 heavy (non-hydrogen) atoms. The van der Waals surface area contributed by atoms with Crippen LogP contribution in [-0.4, -0.2) is 55.8 Å². The molecule has 0 spiro atoms. The molecule has 1 aromatic rings. The number of carbonyl (C=O) groups excluding carboxylic acids is 2. The fraction of sp³-hybridized carbons (Fsp3) is 0.471. The summed E-state index contributed by atoms with van der Waals surface area (Å²) in [5.41, 5.74) is 0.380. The molecule has 2 amide bonds. The molecule has 0 unspecified atom stereocenters. The second kappa shape index (κ2) is 7.33. The molecule has 0 saturated carbocycles. The van der Waals surface area contributed by atoms with Crippen molar-refractivity contribution in [2.24, 2.45) is 5.16 Å². The van der Waals surface area contributed by atoms with Gasteiger partial charge in [-0.05, 0) is 19.1 Å². The van der Waals surface area contributed by atoms with Crippen molar-refractivity contribution in [1.82, 2.24) is 10.2 Å². The number of nitrogens with one attached hydrogen (secondary N) is 1. The molecule has 1 N–H and O–H groups in total. The van der Waals surface area contributed by atoms with E-state index in [1.165, 1.54) is 4.90 Å². The highest BCUT2D eigenvalue weighted by Crippen LogP contribution is 2.30. The molecule has 130 valence electrons. The smallest absolute Gasteiger partial charge is 0.267 e. The quantitative estimate of drug-likeness (QED) is 0.847. The number of hydrogen-bond acceptors (Lipinski definition) is 5. The van der Waals surface area contributed by atoms with E-state index in [-0.39, 0.29) is 24.8 Å². The van der Waals surface area contributed by atoms with Crippen molar-refractivity contribution in [2.75, 3.05) is 27.7 Å². The normalized spacial score (nSPS) is 19.2. The maximum absolute atomic E-state index is 12.4. The van der Waals surface area contributed by atoms with E-state index in [1.54, 1.807) is 28.1 Å². The average Bonchev–Trinajstić information content (AvgIpc) is 2.98. The number of para-hydroxylation sites is 1. The van der Waals surface area contributed by atoms with Gasteiger partial charge in [-0.15, -0.1) is 0 Å². The molecule has 0 aliphatic carbocycles. The Hall–Kier alpha value is -2.57. The van der Waals surface area contributed by atoms with Gasteiger partial charge < -0.3 is 19.8 Å². The van der Waals surface area contributed by atoms with Gasteiger partial charge in [-0.2, -0.15) is 0 Å². The zero-order chi connectivity index (χ0) is 17.7. The van der Waals surface area contributed by atoms with Gasteiger partial charge in [0.1, 0.15) is 5.75 Å². The molecule has 0 bridgehead atoms. The predicted molar refractivity (Wildman–Crippen MR) is 90.0 cm³/mol. The van der Waals surface area contributed by atoms with Gasteiger partial charge in [0.2, 0.25) is 11.5 Å². The number of ether oxygens (including phenoxy) is 1. The van der Waals surface area contributed by atoms with E-state index in [0.717, 1.165) is 5.56 Å². The summed E-state index contributed by atoms with van der Waals surface area (Å²) in [5.74, 6) is 0.350. The van der Waals surface area contributed by atoms with Crippen molar-refractivity contribution in [3.05, 3.63) is 29.8 Å². The molecule has 1 aliphatic rings.